The molecule has 118 valence electrons. The van der Waals surface area contributed by atoms with E-state index in [9.17, 15) is 4.79 Å². The fraction of sp³-hybridized carbons (Fsp3) is 0.200. The van der Waals surface area contributed by atoms with Crippen LogP contribution in [0.4, 0.5) is 5.13 Å². The number of carbonyl (C=O) groups excluding carboxylic acids is 1. The number of carbonyl (C=O) groups is 1. The first-order valence-corrected chi connectivity index (χ1v) is 8.72. The highest BCUT2D eigenvalue weighted by Gasteiger charge is 2.16. The van der Waals surface area contributed by atoms with Gasteiger partial charge in [0.05, 0.1) is 11.3 Å². The van der Waals surface area contributed by atoms with Crippen LogP contribution in [0, 0.1) is 13.8 Å². The molecule has 3 rings (SSSR count). The van der Waals surface area contributed by atoms with Crippen LogP contribution in [0.5, 0.6) is 0 Å². The van der Waals surface area contributed by atoms with Crippen LogP contribution in [-0.4, -0.2) is 21.0 Å². The number of aromatic nitrogens is 3. The van der Waals surface area contributed by atoms with Crippen LogP contribution in [0.1, 0.15) is 27.4 Å². The van der Waals surface area contributed by atoms with Crippen molar-refractivity contribution in [3.8, 4) is 0 Å². The molecule has 0 aliphatic carbocycles. The van der Waals surface area contributed by atoms with Gasteiger partial charge in [-0.3, -0.25) is 10.1 Å². The van der Waals surface area contributed by atoms with Crippen LogP contribution in [0.15, 0.2) is 39.5 Å². The van der Waals surface area contributed by atoms with Crippen molar-refractivity contribution < 1.29 is 9.32 Å². The minimum absolute atomic E-state index is 0.214. The summed E-state index contributed by atoms with van der Waals surface area (Å²) >= 11 is 2.86. The third kappa shape index (κ3) is 3.59. The van der Waals surface area contributed by atoms with E-state index in [0.717, 1.165) is 17.0 Å². The number of anilines is 1. The van der Waals surface area contributed by atoms with Crippen molar-refractivity contribution in [2.75, 3.05) is 5.32 Å². The maximum atomic E-state index is 12.4. The Morgan fingerprint density at radius 1 is 1.35 bits per heavy atom. The van der Waals surface area contributed by atoms with Gasteiger partial charge in [0.2, 0.25) is 0 Å². The minimum Gasteiger partial charge on any atom is -0.361 e. The summed E-state index contributed by atoms with van der Waals surface area (Å²) in [6.45, 7) is 3.78. The van der Waals surface area contributed by atoms with Crippen LogP contribution in [0.25, 0.3) is 0 Å². The van der Waals surface area contributed by atoms with Gasteiger partial charge in [-0.15, -0.1) is 23.1 Å². The van der Waals surface area contributed by atoms with E-state index in [2.05, 4.69) is 20.4 Å². The largest absolute Gasteiger partial charge is 0.361 e. The predicted octanol–water partition coefficient (Wildman–Crippen LogP) is 3.69. The van der Waals surface area contributed by atoms with Gasteiger partial charge in [0, 0.05) is 29.1 Å². The van der Waals surface area contributed by atoms with Crippen LogP contribution < -0.4 is 5.32 Å². The Kier molecular flexibility index (Phi) is 4.73. The van der Waals surface area contributed by atoms with E-state index in [1.54, 1.807) is 24.5 Å². The topological polar surface area (TPSA) is 80.9 Å². The molecule has 23 heavy (non-hydrogen) atoms. The zero-order valence-electron chi connectivity index (χ0n) is 12.6. The maximum absolute atomic E-state index is 12.4. The van der Waals surface area contributed by atoms with Crippen LogP contribution >= 0.6 is 23.1 Å². The number of amides is 1. The summed E-state index contributed by atoms with van der Waals surface area (Å²) in [4.78, 5) is 20.8. The van der Waals surface area contributed by atoms with Gasteiger partial charge >= 0.3 is 0 Å². The molecule has 0 atom stereocenters. The number of rotatable bonds is 5. The van der Waals surface area contributed by atoms with Crippen LogP contribution in [0.2, 0.25) is 0 Å². The predicted molar refractivity (Wildman–Crippen MR) is 89.8 cm³/mol. The van der Waals surface area contributed by atoms with E-state index in [-0.39, 0.29) is 5.91 Å². The Bertz CT molecular complexity index is 795. The van der Waals surface area contributed by atoms with Crippen molar-refractivity contribution in [2.24, 2.45) is 0 Å². The van der Waals surface area contributed by atoms with Crippen molar-refractivity contribution in [3.05, 3.63) is 52.5 Å². The number of hydrogen-bond donors (Lipinski definition) is 1. The first kappa shape index (κ1) is 15.7. The van der Waals surface area contributed by atoms with E-state index in [1.807, 2.05) is 19.2 Å². The average molecular weight is 346 g/mol. The van der Waals surface area contributed by atoms with Gasteiger partial charge in [-0.05, 0) is 26.0 Å². The standard InChI is InChI=1S/C15H14N4O2S2/c1-9-12(10(2)21-19-9)8-23-14-11(4-3-5-16-14)13(20)18-15-17-6-7-22-15/h3-7H,8H2,1-2H3,(H,17,18,20). The highest BCUT2D eigenvalue weighted by Crippen LogP contribution is 2.27. The highest BCUT2D eigenvalue weighted by atomic mass is 32.2. The zero-order valence-corrected chi connectivity index (χ0v) is 14.2. The number of nitrogens with zero attached hydrogens (tertiary/aromatic N) is 3. The third-order valence-corrected chi connectivity index (χ3v) is 4.92. The Labute approximate surface area is 141 Å². The average Bonchev–Trinajstić information content (AvgIpc) is 3.16. The fourth-order valence-electron chi connectivity index (χ4n) is 1.98. The lowest BCUT2D eigenvalue weighted by molar-refractivity contribution is 0.102. The second kappa shape index (κ2) is 6.93. The van der Waals surface area contributed by atoms with Gasteiger partial charge in [-0.25, -0.2) is 9.97 Å². The molecule has 0 aromatic carbocycles. The summed E-state index contributed by atoms with van der Waals surface area (Å²) in [7, 11) is 0. The SMILES string of the molecule is Cc1noc(C)c1CSc1ncccc1C(=O)Nc1nccs1. The number of thioether (sulfide) groups is 1. The molecular weight excluding hydrogens is 332 g/mol. The second-order valence-corrected chi connectivity index (χ2v) is 6.60. The molecule has 1 N–H and O–H groups in total. The lowest BCUT2D eigenvalue weighted by Gasteiger charge is -2.07. The number of pyridine rings is 1. The lowest BCUT2D eigenvalue weighted by Crippen LogP contribution is -2.13. The van der Waals surface area contributed by atoms with E-state index in [1.165, 1.54) is 23.1 Å². The smallest absolute Gasteiger partial charge is 0.260 e. The second-order valence-electron chi connectivity index (χ2n) is 4.74. The molecule has 3 heterocycles. The molecule has 0 bridgehead atoms. The Morgan fingerprint density at radius 2 is 2.22 bits per heavy atom. The van der Waals surface area contributed by atoms with Crippen molar-refractivity contribution in [2.45, 2.75) is 24.6 Å². The van der Waals surface area contributed by atoms with Gasteiger partial charge in [-0.2, -0.15) is 0 Å². The van der Waals surface area contributed by atoms with E-state index in [4.69, 9.17) is 4.52 Å². The number of hydrogen-bond acceptors (Lipinski definition) is 7. The van der Waals surface area contributed by atoms with Crippen molar-refractivity contribution >= 4 is 34.1 Å². The summed E-state index contributed by atoms with van der Waals surface area (Å²) < 4.78 is 5.16. The van der Waals surface area contributed by atoms with Gasteiger partial charge < -0.3 is 4.52 Å². The molecule has 0 aliphatic heterocycles. The summed E-state index contributed by atoms with van der Waals surface area (Å²) in [5, 5.41) is 9.77. The number of aryl methyl sites for hydroxylation is 2. The fourth-order valence-corrected chi connectivity index (χ4v) is 3.65. The molecule has 3 aromatic heterocycles. The number of nitrogens with one attached hydrogen (secondary N) is 1. The molecule has 0 saturated carbocycles. The van der Waals surface area contributed by atoms with Gasteiger partial charge in [-0.1, -0.05) is 5.16 Å². The Hall–Kier alpha value is -2.19. The van der Waals surface area contributed by atoms with Crippen molar-refractivity contribution in [1.29, 1.82) is 0 Å². The molecule has 0 saturated heterocycles. The molecule has 0 radical (unpaired) electrons. The molecule has 0 aliphatic rings. The first-order chi connectivity index (χ1) is 11.1. The molecule has 0 unspecified atom stereocenters. The number of thiazole rings is 1. The first-order valence-electron chi connectivity index (χ1n) is 6.85. The monoisotopic (exact) mass is 346 g/mol. The highest BCUT2D eigenvalue weighted by molar-refractivity contribution is 7.98. The summed E-state index contributed by atoms with van der Waals surface area (Å²) in [6.07, 6.45) is 3.33. The summed E-state index contributed by atoms with van der Waals surface area (Å²) in [5.41, 5.74) is 2.42. The summed E-state index contributed by atoms with van der Waals surface area (Å²) in [6, 6.07) is 3.50. The van der Waals surface area contributed by atoms with Crippen molar-refractivity contribution in [3.63, 3.8) is 0 Å². The molecule has 6 nitrogen and oxygen atoms in total. The zero-order chi connectivity index (χ0) is 16.2. The van der Waals surface area contributed by atoms with Gasteiger partial charge in [0.25, 0.3) is 5.91 Å². The molecule has 0 spiro atoms. The lowest BCUT2D eigenvalue weighted by atomic mass is 10.2. The Balaban J connectivity index is 1.76. The third-order valence-electron chi connectivity index (χ3n) is 3.20. The molecule has 0 fully saturated rings. The normalized spacial score (nSPS) is 10.7. The summed E-state index contributed by atoms with van der Waals surface area (Å²) in [5.74, 6) is 1.23. The van der Waals surface area contributed by atoms with Gasteiger partial charge in [0.1, 0.15) is 10.8 Å². The molecule has 1 amide bonds. The molecule has 8 heteroatoms. The van der Waals surface area contributed by atoms with E-state index in [0.29, 0.717) is 21.5 Å². The molecule has 3 aromatic rings. The van der Waals surface area contributed by atoms with Crippen LogP contribution in [0.3, 0.4) is 0 Å². The van der Waals surface area contributed by atoms with Crippen molar-refractivity contribution in [1.82, 2.24) is 15.1 Å². The maximum Gasteiger partial charge on any atom is 0.260 e. The van der Waals surface area contributed by atoms with E-state index < -0.39 is 0 Å². The quantitative estimate of drug-likeness (QED) is 0.710. The van der Waals surface area contributed by atoms with Crippen LogP contribution in [-0.2, 0) is 5.75 Å². The van der Waals surface area contributed by atoms with E-state index >= 15 is 0 Å². The minimum atomic E-state index is -0.214. The van der Waals surface area contributed by atoms with Gasteiger partial charge in [0.15, 0.2) is 5.13 Å². The molecular formula is C15H14N4O2S2. The Morgan fingerprint density at radius 3 is 2.91 bits per heavy atom.